The smallest absolute Gasteiger partial charge is 0.249 e. The highest BCUT2D eigenvalue weighted by atomic mass is 19.2. The molecular formula is C17H15F2N5. The third-order valence-corrected chi connectivity index (χ3v) is 3.51. The van der Waals surface area contributed by atoms with Crippen molar-refractivity contribution in [3.05, 3.63) is 65.4 Å². The Balaban J connectivity index is 1.78. The average molecular weight is 327 g/mol. The molecule has 0 amide bonds. The van der Waals surface area contributed by atoms with Crippen molar-refractivity contribution in [2.45, 2.75) is 13.8 Å². The Bertz CT molecular complexity index is 814. The van der Waals surface area contributed by atoms with E-state index < -0.39 is 11.6 Å². The van der Waals surface area contributed by atoms with Crippen molar-refractivity contribution in [1.82, 2.24) is 15.2 Å². The second-order valence-electron chi connectivity index (χ2n) is 5.34. The number of aryl methyl sites for hydroxylation is 2. The minimum atomic E-state index is -0.947. The number of hydrogen-bond donors (Lipinski definition) is 2. The van der Waals surface area contributed by atoms with Crippen LogP contribution in [-0.4, -0.2) is 15.2 Å². The molecule has 0 saturated heterocycles. The van der Waals surface area contributed by atoms with E-state index in [2.05, 4.69) is 25.8 Å². The molecule has 1 heterocycles. The lowest BCUT2D eigenvalue weighted by Gasteiger charge is -2.09. The molecule has 0 aliphatic rings. The molecule has 0 aliphatic heterocycles. The number of rotatable bonds is 4. The quantitative estimate of drug-likeness (QED) is 0.750. The summed E-state index contributed by atoms with van der Waals surface area (Å²) in [4.78, 5) is 4.26. The molecule has 0 radical (unpaired) electrons. The molecule has 0 saturated carbocycles. The molecule has 2 N–H and O–H groups in total. The summed E-state index contributed by atoms with van der Waals surface area (Å²) in [6, 6.07) is 9.40. The van der Waals surface area contributed by atoms with Crippen LogP contribution < -0.4 is 10.6 Å². The normalized spacial score (nSPS) is 10.5. The van der Waals surface area contributed by atoms with E-state index in [0.717, 1.165) is 23.4 Å². The summed E-state index contributed by atoms with van der Waals surface area (Å²) in [5.74, 6) is -1.20. The Kier molecular flexibility index (Phi) is 4.33. The molecule has 0 unspecified atom stereocenters. The Hall–Kier alpha value is -3.09. The molecule has 3 rings (SSSR count). The first-order valence-corrected chi connectivity index (χ1v) is 7.27. The number of anilines is 4. The van der Waals surface area contributed by atoms with Crippen molar-refractivity contribution in [2.75, 3.05) is 10.6 Å². The molecule has 24 heavy (non-hydrogen) atoms. The summed E-state index contributed by atoms with van der Waals surface area (Å²) >= 11 is 0. The van der Waals surface area contributed by atoms with Crippen molar-refractivity contribution in [3.8, 4) is 0 Å². The van der Waals surface area contributed by atoms with Gasteiger partial charge in [0.15, 0.2) is 17.5 Å². The molecule has 2 aromatic carbocycles. The molecule has 122 valence electrons. The fraction of sp³-hybridized carbons (Fsp3) is 0.118. The monoisotopic (exact) mass is 327 g/mol. The summed E-state index contributed by atoms with van der Waals surface area (Å²) in [7, 11) is 0. The molecule has 0 bridgehead atoms. The zero-order valence-corrected chi connectivity index (χ0v) is 13.1. The molecule has 0 spiro atoms. The second-order valence-corrected chi connectivity index (χ2v) is 5.34. The van der Waals surface area contributed by atoms with Crippen LogP contribution in [0.3, 0.4) is 0 Å². The highest BCUT2D eigenvalue weighted by Crippen LogP contribution is 2.20. The van der Waals surface area contributed by atoms with Gasteiger partial charge in [0, 0.05) is 17.4 Å². The third kappa shape index (κ3) is 3.62. The number of halogens is 2. The molecule has 0 fully saturated rings. The van der Waals surface area contributed by atoms with Crippen LogP contribution in [-0.2, 0) is 0 Å². The van der Waals surface area contributed by atoms with E-state index in [-0.39, 0.29) is 5.95 Å². The molecule has 3 aromatic rings. The van der Waals surface area contributed by atoms with Crippen LogP contribution >= 0.6 is 0 Å². The first-order chi connectivity index (χ1) is 11.5. The predicted molar refractivity (Wildman–Crippen MR) is 88.7 cm³/mol. The molecule has 7 heteroatoms. The molecule has 0 aliphatic carbocycles. The molecule has 1 aromatic heterocycles. The predicted octanol–water partition coefficient (Wildman–Crippen LogP) is 4.25. The van der Waals surface area contributed by atoms with Gasteiger partial charge in [0.2, 0.25) is 5.95 Å². The maximum absolute atomic E-state index is 13.2. The minimum absolute atomic E-state index is 0.176. The Morgan fingerprint density at radius 1 is 0.833 bits per heavy atom. The number of nitrogens with zero attached hydrogens (tertiary/aromatic N) is 3. The van der Waals surface area contributed by atoms with E-state index in [1.807, 2.05) is 32.0 Å². The summed E-state index contributed by atoms with van der Waals surface area (Å²) in [6.45, 7) is 4.06. The Morgan fingerprint density at radius 3 is 2.33 bits per heavy atom. The van der Waals surface area contributed by atoms with Gasteiger partial charge in [-0.2, -0.15) is 10.1 Å². The van der Waals surface area contributed by atoms with Gasteiger partial charge in [-0.05, 0) is 49.2 Å². The maximum atomic E-state index is 13.2. The van der Waals surface area contributed by atoms with Crippen LogP contribution in [0.25, 0.3) is 0 Å². The fourth-order valence-electron chi connectivity index (χ4n) is 2.09. The number of nitrogens with one attached hydrogen (secondary N) is 2. The summed E-state index contributed by atoms with van der Waals surface area (Å²) in [5, 5.41) is 13.6. The first kappa shape index (κ1) is 15.8. The lowest BCUT2D eigenvalue weighted by atomic mass is 10.1. The van der Waals surface area contributed by atoms with Crippen molar-refractivity contribution in [3.63, 3.8) is 0 Å². The summed E-state index contributed by atoms with van der Waals surface area (Å²) in [6.07, 6.45) is 1.48. The largest absolute Gasteiger partial charge is 0.339 e. The van der Waals surface area contributed by atoms with Gasteiger partial charge in [-0.15, -0.1) is 5.10 Å². The van der Waals surface area contributed by atoms with Gasteiger partial charge in [-0.1, -0.05) is 6.07 Å². The van der Waals surface area contributed by atoms with Crippen LogP contribution in [0.1, 0.15) is 11.1 Å². The van der Waals surface area contributed by atoms with Crippen molar-refractivity contribution >= 4 is 23.1 Å². The van der Waals surface area contributed by atoms with Crippen LogP contribution in [0.5, 0.6) is 0 Å². The van der Waals surface area contributed by atoms with Crippen LogP contribution in [0.15, 0.2) is 42.6 Å². The highest BCUT2D eigenvalue weighted by Gasteiger charge is 2.06. The number of hydrogen-bond acceptors (Lipinski definition) is 5. The lowest BCUT2D eigenvalue weighted by molar-refractivity contribution is 0.509. The minimum Gasteiger partial charge on any atom is -0.339 e. The molecular weight excluding hydrogens is 312 g/mol. The van der Waals surface area contributed by atoms with E-state index in [0.29, 0.717) is 11.5 Å². The standard InChI is InChI=1S/C17H15F2N5/c1-10-3-4-12(7-11(10)2)21-16-9-20-24-17(23-16)22-13-5-6-14(18)15(19)8-13/h3-9H,1-2H3,(H2,21,22,23,24). The first-order valence-electron chi connectivity index (χ1n) is 7.27. The Labute approximate surface area is 137 Å². The average Bonchev–Trinajstić information content (AvgIpc) is 2.55. The lowest BCUT2D eigenvalue weighted by Crippen LogP contribution is -2.03. The number of benzene rings is 2. The fourth-order valence-corrected chi connectivity index (χ4v) is 2.09. The van der Waals surface area contributed by atoms with Gasteiger partial charge in [-0.3, -0.25) is 0 Å². The Morgan fingerprint density at radius 2 is 1.58 bits per heavy atom. The van der Waals surface area contributed by atoms with Crippen LogP contribution in [0, 0.1) is 25.5 Å². The van der Waals surface area contributed by atoms with E-state index in [1.54, 1.807) is 0 Å². The van der Waals surface area contributed by atoms with Crippen LogP contribution in [0.4, 0.5) is 31.9 Å². The van der Waals surface area contributed by atoms with E-state index in [9.17, 15) is 8.78 Å². The second kappa shape index (κ2) is 6.57. The SMILES string of the molecule is Cc1ccc(Nc2cnnc(Nc3ccc(F)c(F)c3)n2)cc1C. The van der Waals surface area contributed by atoms with Crippen LogP contribution in [0.2, 0.25) is 0 Å². The topological polar surface area (TPSA) is 62.7 Å². The zero-order chi connectivity index (χ0) is 17.1. The van der Waals surface area contributed by atoms with E-state index >= 15 is 0 Å². The highest BCUT2D eigenvalue weighted by molar-refractivity contribution is 5.59. The van der Waals surface area contributed by atoms with E-state index in [1.165, 1.54) is 17.8 Å². The van der Waals surface area contributed by atoms with Gasteiger partial charge < -0.3 is 10.6 Å². The van der Waals surface area contributed by atoms with Gasteiger partial charge >= 0.3 is 0 Å². The summed E-state index contributed by atoms with van der Waals surface area (Å²) < 4.78 is 26.2. The molecule has 5 nitrogen and oxygen atoms in total. The summed E-state index contributed by atoms with van der Waals surface area (Å²) in [5.41, 5.74) is 3.56. The van der Waals surface area contributed by atoms with Crippen molar-refractivity contribution < 1.29 is 8.78 Å². The van der Waals surface area contributed by atoms with Gasteiger partial charge in [0.25, 0.3) is 0 Å². The van der Waals surface area contributed by atoms with Gasteiger partial charge in [-0.25, -0.2) is 8.78 Å². The third-order valence-electron chi connectivity index (χ3n) is 3.51. The van der Waals surface area contributed by atoms with Gasteiger partial charge in [0.05, 0.1) is 6.20 Å². The van der Waals surface area contributed by atoms with E-state index in [4.69, 9.17) is 0 Å². The number of aromatic nitrogens is 3. The van der Waals surface area contributed by atoms with Gasteiger partial charge in [0.1, 0.15) is 0 Å². The zero-order valence-electron chi connectivity index (χ0n) is 13.1. The molecule has 0 atom stereocenters. The van der Waals surface area contributed by atoms with Crippen molar-refractivity contribution in [2.24, 2.45) is 0 Å². The maximum Gasteiger partial charge on any atom is 0.249 e. The van der Waals surface area contributed by atoms with Crippen molar-refractivity contribution in [1.29, 1.82) is 0 Å².